The minimum atomic E-state index is -0.247. The van der Waals surface area contributed by atoms with Gasteiger partial charge in [0.25, 0.3) is 5.91 Å². The maximum atomic E-state index is 11.8. The summed E-state index contributed by atoms with van der Waals surface area (Å²) in [6.45, 7) is 0.348. The van der Waals surface area contributed by atoms with Gasteiger partial charge in [0.2, 0.25) is 0 Å². The van der Waals surface area contributed by atoms with E-state index in [1.165, 1.54) is 4.90 Å². The molecule has 0 unspecified atom stereocenters. The Labute approximate surface area is 100 Å². The number of aliphatic hydroxyl groups excluding tert-OH is 1. The molecule has 1 aromatic heterocycles. The molecule has 1 fully saturated rings. The number of aliphatic hydroxyl groups is 1. The van der Waals surface area contributed by atoms with Crippen molar-refractivity contribution < 1.29 is 9.90 Å². The molecule has 0 bridgehead atoms. The first-order chi connectivity index (χ1) is 8.02. The Morgan fingerprint density at radius 1 is 1.65 bits per heavy atom. The third kappa shape index (κ3) is 2.18. The molecule has 1 aliphatic rings. The number of aromatic nitrogens is 2. The van der Waals surface area contributed by atoms with Crippen LogP contribution in [0.4, 0.5) is 0 Å². The molecule has 0 aliphatic heterocycles. The lowest BCUT2D eigenvalue weighted by molar-refractivity contribution is 0.0420. The second-order valence-corrected chi connectivity index (χ2v) is 4.65. The van der Waals surface area contributed by atoms with Crippen LogP contribution in [0.1, 0.15) is 35.1 Å². The van der Waals surface area contributed by atoms with Gasteiger partial charge in [0.15, 0.2) is 5.69 Å². The molecule has 17 heavy (non-hydrogen) atoms. The first-order valence-electron chi connectivity index (χ1n) is 5.71. The van der Waals surface area contributed by atoms with Crippen LogP contribution in [0, 0.1) is 0 Å². The van der Waals surface area contributed by atoms with Gasteiger partial charge in [-0.2, -0.15) is 5.10 Å². The van der Waals surface area contributed by atoms with Gasteiger partial charge in [-0.05, 0) is 18.9 Å². The SMILES string of the molecule is CN(C)C(=O)c1cc(CN)n([C@H]2C[C@H](O)C2)n1. The number of hydrogen-bond donors (Lipinski definition) is 2. The summed E-state index contributed by atoms with van der Waals surface area (Å²) in [4.78, 5) is 13.3. The van der Waals surface area contributed by atoms with Gasteiger partial charge in [0.1, 0.15) is 0 Å². The van der Waals surface area contributed by atoms with Crippen molar-refractivity contribution in [2.45, 2.75) is 31.5 Å². The maximum Gasteiger partial charge on any atom is 0.273 e. The molecule has 0 atom stereocenters. The maximum absolute atomic E-state index is 11.8. The van der Waals surface area contributed by atoms with Crippen molar-refractivity contribution in [3.63, 3.8) is 0 Å². The molecule has 6 heteroatoms. The highest BCUT2D eigenvalue weighted by molar-refractivity contribution is 5.92. The Morgan fingerprint density at radius 2 is 2.29 bits per heavy atom. The molecule has 2 rings (SSSR count). The zero-order valence-corrected chi connectivity index (χ0v) is 10.1. The van der Waals surface area contributed by atoms with Gasteiger partial charge in [-0.15, -0.1) is 0 Å². The highest BCUT2D eigenvalue weighted by atomic mass is 16.3. The second kappa shape index (κ2) is 4.46. The molecular formula is C11H18N4O2. The Balaban J connectivity index is 2.24. The quantitative estimate of drug-likeness (QED) is 0.760. The monoisotopic (exact) mass is 238 g/mol. The summed E-state index contributed by atoms with van der Waals surface area (Å²) in [5, 5.41) is 13.6. The zero-order valence-electron chi connectivity index (χ0n) is 10.1. The van der Waals surface area contributed by atoms with Crippen molar-refractivity contribution in [3.8, 4) is 0 Å². The van der Waals surface area contributed by atoms with Crippen molar-refractivity contribution in [2.75, 3.05) is 14.1 Å². The van der Waals surface area contributed by atoms with Crippen LogP contribution in [0.15, 0.2) is 6.07 Å². The lowest BCUT2D eigenvalue weighted by Crippen LogP contribution is -2.33. The van der Waals surface area contributed by atoms with Crippen LogP contribution in [0.3, 0.4) is 0 Å². The molecule has 1 amide bonds. The number of nitrogens with two attached hydrogens (primary N) is 1. The number of carbonyl (C=O) groups is 1. The standard InChI is InChI=1S/C11H18N4O2/c1-14(2)11(17)10-5-8(6-12)15(13-10)7-3-9(16)4-7/h5,7,9,16H,3-4,6,12H2,1-2H3/t7-,9-. The Morgan fingerprint density at radius 3 is 2.76 bits per heavy atom. The molecule has 6 nitrogen and oxygen atoms in total. The van der Waals surface area contributed by atoms with Gasteiger partial charge in [-0.1, -0.05) is 0 Å². The average Bonchev–Trinajstić information content (AvgIpc) is 2.66. The first-order valence-corrected chi connectivity index (χ1v) is 5.71. The Kier molecular flexibility index (Phi) is 3.17. The number of hydrogen-bond acceptors (Lipinski definition) is 4. The van der Waals surface area contributed by atoms with Crippen molar-refractivity contribution in [1.82, 2.24) is 14.7 Å². The van der Waals surface area contributed by atoms with E-state index in [1.54, 1.807) is 24.8 Å². The molecule has 0 saturated heterocycles. The van der Waals surface area contributed by atoms with Gasteiger partial charge >= 0.3 is 0 Å². The van der Waals surface area contributed by atoms with Gasteiger partial charge in [-0.3, -0.25) is 9.48 Å². The van der Waals surface area contributed by atoms with E-state index >= 15 is 0 Å². The molecular weight excluding hydrogens is 220 g/mol. The van der Waals surface area contributed by atoms with E-state index in [-0.39, 0.29) is 18.1 Å². The summed E-state index contributed by atoms with van der Waals surface area (Å²) in [6, 6.07) is 1.90. The summed E-state index contributed by atoms with van der Waals surface area (Å²) in [5.41, 5.74) is 6.90. The summed E-state index contributed by atoms with van der Waals surface area (Å²) < 4.78 is 1.78. The van der Waals surface area contributed by atoms with E-state index in [9.17, 15) is 9.90 Å². The van der Waals surface area contributed by atoms with Crippen LogP contribution in [0.2, 0.25) is 0 Å². The van der Waals surface area contributed by atoms with Crippen molar-refractivity contribution >= 4 is 5.91 Å². The van der Waals surface area contributed by atoms with E-state index in [0.717, 1.165) is 5.69 Å². The topological polar surface area (TPSA) is 84.4 Å². The van der Waals surface area contributed by atoms with E-state index in [0.29, 0.717) is 25.1 Å². The summed E-state index contributed by atoms with van der Waals surface area (Å²) in [6.07, 6.45) is 1.12. The molecule has 1 heterocycles. The lowest BCUT2D eigenvalue weighted by Gasteiger charge is -2.32. The van der Waals surface area contributed by atoms with Gasteiger partial charge in [0.05, 0.1) is 17.8 Å². The number of carbonyl (C=O) groups excluding carboxylic acids is 1. The fraction of sp³-hybridized carbons (Fsp3) is 0.636. The highest BCUT2D eigenvalue weighted by Crippen LogP contribution is 2.32. The Hall–Kier alpha value is -1.40. The Bertz CT molecular complexity index is 421. The number of rotatable bonds is 3. The van der Waals surface area contributed by atoms with Crippen molar-refractivity contribution in [3.05, 3.63) is 17.5 Å². The predicted octanol–water partition coefficient (Wildman–Crippen LogP) is -0.261. The second-order valence-electron chi connectivity index (χ2n) is 4.65. The van der Waals surface area contributed by atoms with E-state index in [1.807, 2.05) is 0 Å². The van der Waals surface area contributed by atoms with Crippen molar-refractivity contribution in [2.24, 2.45) is 5.73 Å². The lowest BCUT2D eigenvalue weighted by atomic mass is 9.89. The molecule has 94 valence electrons. The van der Waals surface area contributed by atoms with Crippen molar-refractivity contribution in [1.29, 1.82) is 0 Å². The summed E-state index contributed by atoms with van der Waals surface area (Å²) in [7, 11) is 3.38. The van der Waals surface area contributed by atoms with E-state index in [2.05, 4.69) is 5.10 Å². The normalized spacial score (nSPS) is 23.3. The molecule has 1 aliphatic carbocycles. The van der Waals surface area contributed by atoms with Crippen LogP contribution in [0.5, 0.6) is 0 Å². The van der Waals surface area contributed by atoms with E-state index in [4.69, 9.17) is 5.73 Å². The number of amides is 1. The zero-order chi connectivity index (χ0) is 12.6. The first kappa shape index (κ1) is 12.1. The van der Waals surface area contributed by atoms with Gasteiger partial charge in [0, 0.05) is 20.6 Å². The third-order valence-electron chi connectivity index (χ3n) is 3.08. The summed E-state index contributed by atoms with van der Waals surface area (Å²) >= 11 is 0. The minimum absolute atomic E-state index is 0.127. The predicted molar refractivity (Wildman–Crippen MR) is 62.4 cm³/mol. The van der Waals surface area contributed by atoms with Crippen LogP contribution >= 0.6 is 0 Å². The van der Waals surface area contributed by atoms with Crippen LogP contribution in [-0.4, -0.2) is 45.9 Å². The van der Waals surface area contributed by atoms with Crippen LogP contribution < -0.4 is 5.73 Å². The van der Waals surface area contributed by atoms with E-state index < -0.39 is 0 Å². The van der Waals surface area contributed by atoms with Gasteiger partial charge < -0.3 is 15.7 Å². The molecule has 0 aromatic carbocycles. The summed E-state index contributed by atoms with van der Waals surface area (Å²) in [5.74, 6) is -0.127. The smallest absolute Gasteiger partial charge is 0.273 e. The minimum Gasteiger partial charge on any atom is -0.393 e. The number of nitrogens with zero attached hydrogens (tertiary/aromatic N) is 3. The average molecular weight is 238 g/mol. The van der Waals surface area contributed by atoms with Gasteiger partial charge in [-0.25, -0.2) is 0 Å². The van der Waals surface area contributed by atoms with Crippen LogP contribution in [0.25, 0.3) is 0 Å². The molecule has 1 saturated carbocycles. The van der Waals surface area contributed by atoms with Crippen LogP contribution in [-0.2, 0) is 6.54 Å². The third-order valence-corrected chi connectivity index (χ3v) is 3.08. The molecule has 1 aromatic rings. The highest BCUT2D eigenvalue weighted by Gasteiger charge is 2.31. The largest absolute Gasteiger partial charge is 0.393 e. The fourth-order valence-electron chi connectivity index (χ4n) is 1.99. The molecule has 0 spiro atoms. The molecule has 0 radical (unpaired) electrons. The molecule has 3 N–H and O–H groups in total. The fourth-order valence-corrected chi connectivity index (χ4v) is 1.99.